The number of anilines is 1. The number of nitrogens with one attached hydrogen (secondary N) is 1. The summed E-state index contributed by atoms with van der Waals surface area (Å²) in [4.78, 5) is 14.7. The number of amides is 2. The summed E-state index contributed by atoms with van der Waals surface area (Å²) in [7, 11) is 0. The Morgan fingerprint density at radius 3 is 2.65 bits per heavy atom. The Morgan fingerprint density at radius 2 is 1.91 bits per heavy atom. The van der Waals surface area contributed by atoms with Gasteiger partial charge in [0.1, 0.15) is 0 Å². The van der Waals surface area contributed by atoms with Crippen molar-refractivity contribution in [2.75, 3.05) is 23.4 Å². The molecule has 2 amide bonds. The smallest absolute Gasteiger partial charge is 0.316 e. The van der Waals surface area contributed by atoms with Gasteiger partial charge in [0, 0.05) is 23.7 Å². The highest BCUT2D eigenvalue weighted by atomic mass is 32.2. The molecule has 3 rings (SSSR count). The van der Waals surface area contributed by atoms with E-state index in [1.54, 1.807) is 0 Å². The number of nitrogens with zero attached hydrogens (tertiary/aromatic N) is 1. The van der Waals surface area contributed by atoms with Gasteiger partial charge >= 0.3 is 6.03 Å². The molecule has 120 valence electrons. The van der Waals surface area contributed by atoms with E-state index in [2.05, 4.69) is 36.5 Å². The molecular formula is C19H22N2OS. The minimum Gasteiger partial charge on any atom is -0.316 e. The third-order valence-electron chi connectivity index (χ3n) is 4.12. The number of aryl methyl sites for hydroxylation is 2. The first kappa shape index (κ1) is 15.9. The van der Waals surface area contributed by atoms with Gasteiger partial charge in [-0.25, -0.2) is 4.79 Å². The van der Waals surface area contributed by atoms with Crippen molar-refractivity contribution in [1.29, 1.82) is 0 Å². The summed E-state index contributed by atoms with van der Waals surface area (Å²) in [6.07, 6.45) is 0. The zero-order chi connectivity index (χ0) is 16.2. The van der Waals surface area contributed by atoms with Crippen LogP contribution in [-0.2, 0) is 0 Å². The minimum absolute atomic E-state index is 0.0125. The van der Waals surface area contributed by atoms with Crippen LogP contribution in [0.5, 0.6) is 0 Å². The largest absolute Gasteiger partial charge is 0.322 e. The van der Waals surface area contributed by atoms with Gasteiger partial charge < -0.3 is 10.2 Å². The van der Waals surface area contributed by atoms with Crippen LogP contribution < -0.4 is 5.32 Å². The summed E-state index contributed by atoms with van der Waals surface area (Å²) >= 11 is 1.91. The average molecular weight is 326 g/mol. The van der Waals surface area contributed by atoms with Crippen molar-refractivity contribution in [2.45, 2.75) is 19.9 Å². The molecule has 1 aliphatic rings. The Bertz CT molecular complexity index is 684. The predicted molar refractivity (Wildman–Crippen MR) is 98.1 cm³/mol. The van der Waals surface area contributed by atoms with Gasteiger partial charge in [0.2, 0.25) is 0 Å². The molecule has 0 aromatic heterocycles. The fourth-order valence-corrected chi connectivity index (χ4v) is 3.92. The lowest BCUT2D eigenvalue weighted by Gasteiger charge is -2.35. The molecule has 2 aromatic rings. The highest BCUT2D eigenvalue weighted by Gasteiger charge is 2.28. The molecule has 3 nitrogen and oxygen atoms in total. The van der Waals surface area contributed by atoms with Crippen LogP contribution in [0, 0.1) is 13.8 Å². The Labute approximate surface area is 142 Å². The Hall–Kier alpha value is -1.94. The summed E-state index contributed by atoms with van der Waals surface area (Å²) in [5, 5.41) is 3.04. The molecule has 23 heavy (non-hydrogen) atoms. The number of thioether (sulfide) groups is 1. The van der Waals surface area contributed by atoms with Crippen LogP contribution in [0.1, 0.15) is 22.7 Å². The van der Waals surface area contributed by atoms with Gasteiger partial charge in [-0.15, -0.1) is 0 Å². The van der Waals surface area contributed by atoms with Crippen molar-refractivity contribution < 1.29 is 4.79 Å². The van der Waals surface area contributed by atoms with E-state index in [1.165, 1.54) is 11.1 Å². The van der Waals surface area contributed by atoms with Crippen molar-refractivity contribution in [2.24, 2.45) is 0 Å². The van der Waals surface area contributed by atoms with Crippen LogP contribution in [-0.4, -0.2) is 29.0 Å². The van der Waals surface area contributed by atoms with E-state index in [0.29, 0.717) is 0 Å². The number of benzene rings is 2. The first-order chi connectivity index (χ1) is 11.1. The molecule has 4 heteroatoms. The highest BCUT2D eigenvalue weighted by Crippen LogP contribution is 2.30. The predicted octanol–water partition coefficient (Wildman–Crippen LogP) is 4.63. The molecule has 1 N–H and O–H groups in total. The molecule has 2 aromatic carbocycles. The third kappa shape index (κ3) is 3.88. The van der Waals surface area contributed by atoms with Gasteiger partial charge in [-0.1, -0.05) is 42.0 Å². The van der Waals surface area contributed by atoms with Crippen molar-refractivity contribution in [3.05, 3.63) is 65.2 Å². The molecule has 0 aliphatic carbocycles. The summed E-state index contributed by atoms with van der Waals surface area (Å²) in [5.74, 6) is 1.94. The first-order valence-corrected chi connectivity index (χ1v) is 9.07. The van der Waals surface area contributed by atoms with Gasteiger partial charge in [-0.2, -0.15) is 11.8 Å². The van der Waals surface area contributed by atoms with E-state index in [1.807, 2.05) is 47.9 Å². The molecule has 0 bridgehead atoms. The van der Waals surface area contributed by atoms with Crippen molar-refractivity contribution in [3.8, 4) is 0 Å². The third-order valence-corrected chi connectivity index (χ3v) is 5.14. The van der Waals surface area contributed by atoms with Gasteiger partial charge in [-0.05, 0) is 37.1 Å². The van der Waals surface area contributed by atoms with Crippen molar-refractivity contribution in [3.63, 3.8) is 0 Å². The maximum absolute atomic E-state index is 12.7. The highest BCUT2D eigenvalue weighted by molar-refractivity contribution is 7.99. The number of carbonyl (C=O) groups is 1. The van der Waals surface area contributed by atoms with Crippen LogP contribution in [0.2, 0.25) is 0 Å². The molecular weight excluding hydrogens is 304 g/mol. The SMILES string of the molecule is Cc1ccc([C@H]2CSCCN2C(=O)Nc2cccc(C)c2)cc1. The van der Waals surface area contributed by atoms with Gasteiger partial charge in [0.25, 0.3) is 0 Å². The average Bonchev–Trinajstić information content (AvgIpc) is 2.55. The van der Waals surface area contributed by atoms with Crippen molar-refractivity contribution >= 4 is 23.5 Å². The molecule has 1 saturated heterocycles. The topological polar surface area (TPSA) is 32.3 Å². The minimum atomic E-state index is -0.0125. The first-order valence-electron chi connectivity index (χ1n) is 7.92. The number of urea groups is 1. The molecule has 0 radical (unpaired) electrons. The fourth-order valence-electron chi connectivity index (χ4n) is 2.83. The summed E-state index contributed by atoms with van der Waals surface area (Å²) in [6, 6.07) is 16.6. The maximum Gasteiger partial charge on any atom is 0.322 e. The van der Waals surface area contributed by atoms with E-state index in [0.717, 1.165) is 29.3 Å². The number of hydrogen-bond donors (Lipinski definition) is 1. The second-order valence-electron chi connectivity index (χ2n) is 5.99. The van der Waals surface area contributed by atoms with Crippen LogP contribution in [0.3, 0.4) is 0 Å². The Kier molecular flexibility index (Phi) is 4.91. The lowest BCUT2D eigenvalue weighted by atomic mass is 10.1. The molecule has 1 fully saturated rings. The van der Waals surface area contributed by atoms with Crippen LogP contribution in [0.15, 0.2) is 48.5 Å². The zero-order valence-corrected chi connectivity index (χ0v) is 14.4. The molecule has 0 spiro atoms. The lowest BCUT2D eigenvalue weighted by Crippen LogP contribution is -2.43. The number of carbonyl (C=O) groups excluding carboxylic acids is 1. The lowest BCUT2D eigenvalue weighted by molar-refractivity contribution is 0.196. The summed E-state index contributed by atoms with van der Waals surface area (Å²) in [6.45, 7) is 4.89. The van der Waals surface area contributed by atoms with E-state index in [9.17, 15) is 4.79 Å². The second-order valence-corrected chi connectivity index (χ2v) is 7.14. The van der Waals surface area contributed by atoms with E-state index in [-0.39, 0.29) is 12.1 Å². The Morgan fingerprint density at radius 1 is 1.13 bits per heavy atom. The van der Waals surface area contributed by atoms with E-state index < -0.39 is 0 Å². The molecule has 1 aliphatic heterocycles. The van der Waals surface area contributed by atoms with Crippen molar-refractivity contribution in [1.82, 2.24) is 4.90 Å². The molecule has 0 saturated carbocycles. The van der Waals surface area contributed by atoms with Crippen LogP contribution in [0.4, 0.5) is 10.5 Å². The van der Waals surface area contributed by atoms with Gasteiger partial charge in [-0.3, -0.25) is 0 Å². The zero-order valence-electron chi connectivity index (χ0n) is 13.6. The summed E-state index contributed by atoms with van der Waals surface area (Å²) < 4.78 is 0. The second kappa shape index (κ2) is 7.09. The number of hydrogen-bond acceptors (Lipinski definition) is 2. The van der Waals surface area contributed by atoms with Gasteiger partial charge in [0.05, 0.1) is 6.04 Å². The van der Waals surface area contributed by atoms with Crippen LogP contribution >= 0.6 is 11.8 Å². The number of rotatable bonds is 2. The molecule has 1 atom stereocenters. The van der Waals surface area contributed by atoms with E-state index in [4.69, 9.17) is 0 Å². The molecule has 0 unspecified atom stereocenters. The molecule has 1 heterocycles. The Balaban J connectivity index is 1.77. The maximum atomic E-state index is 12.7. The summed E-state index contributed by atoms with van der Waals surface area (Å²) in [5.41, 5.74) is 4.46. The van der Waals surface area contributed by atoms with Gasteiger partial charge in [0.15, 0.2) is 0 Å². The van der Waals surface area contributed by atoms with Crippen LogP contribution in [0.25, 0.3) is 0 Å². The van der Waals surface area contributed by atoms with E-state index >= 15 is 0 Å². The standard InChI is InChI=1S/C19H22N2OS/c1-14-6-8-16(9-7-14)18-13-23-11-10-21(18)19(22)20-17-5-3-4-15(2)12-17/h3-9,12,18H,10-11,13H2,1-2H3,(H,20,22)/t18-/m1/s1. The monoisotopic (exact) mass is 326 g/mol. The quantitative estimate of drug-likeness (QED) is 0.873. The normalized spacial score (nSPS) is 17.8. The fraction of sp³-hybridized carbons (Fsp3) is 0.316.